The van der Waals surface area contributed by atoms with Crippen molar-refractivity contribution >= 4 is 12.0 Å². The van der Waals surface area contributed by atoms with E-state index in [0.717, 1.165) is 44.6 Å². The summed E-state index contributed by atoms with van der Waals surface area (Å²) in [5, 5.41) is 6.18. The van der Waals surface area contributed by atoms with Gasteiger partial charge in [-0.1, -0.05) is 30.3 Å². The molecule has 2 aliphatic heterocycles. The molecule has 2 amide bonds. The lowest BCUT2D eigenvalue weighted by molar-refractivity contribution is -0.147. The first-order valence-electron chi connectivity index (χ1n) is 9.79. The van der Waals surface area contributed by atoms with Crippen molar-refractivity contribution in [1.82, 2.24) is 15.5 Å². The van der Waals surface area contributed by atoms with Gasteiger partial charge >= 0.3 is 6.09 Å². The molecular weight excluding hydrogens is 342 g/mol. The molecule has 1 atom stereocenters. The molecule has 1 aromatic rings. The molecule has 3 rings (SSSR count). The molecular formula is C21H31N3O3. The van der Waals surface area contributed by atoms with E-state index < -0.39 is 17.7 Å². The highest BCUT2D eigenvalue weighted by molar-refractivity contribution is 5.86. The summed E-state index contributed by atoms with van der Waals surface area (Å²) in [4.78, 5) is 27.3. The molecule has 6 heteroatoms. The topological polar surface area (TPSA) is 70.7 Å². The summed E-state index contributed by atoms with van der Waals surface area (Å²) in [6.45, 7) is 9.06. The maximum atomic E-state index is 13.1. The zero-order chi connectivity index (χ0) is 19.5. The number of likely N-dealkylation sites (tertiary alicyclic amines) is 1. The van der Waals surface area contributed by atoms with Gasteiger partial charge in [-0.15, -0.1) is 0 Å². The summed E-state index contributed by atoms with van der Waals surface area (Å²) in [5.74, 6) is -0.0196. The monoisotopic (exact) mass is 373 g/mol. The van der Waals surface area contributed by atoms with Crippen LogP contribution >= 0.6 is 0 Å². The van der Waals surface area contributed by atoms with Crippen LogP contribution in [-0.2, 0) is 16.0 Å². The zero-order valence-corrected chi connectivity index (χ0v) is 16.6. The fourth-order valence-electron chi connectivity index (χ4n) is 3.91. The number of nitrogens with zero attached hydrogens (tertiary/aromatic N) is 1. The van der Waals surface area contributed by atoms with Gasteiger partial charge in [-0.05, 0) is 52.3 Å². The average molecular weight is 373 g/mol. The lowest BCUT2D eigenvalue weighted by Crippen LogP contribution is -2.65. The molecule has 0 radical (unpaired) electrons. The Kier molecular flexibility index (Phi) is 5.75. The first-order chi connectivity index (χ1) is 12.8. The van der Waals surface area contributed by atoms with Crippen LogP contribution in [0, 0.1) is 5.41 Å². The van der Waals surface area contributed by atoms with E-state index in [1.54, 1.807) is 0 Å². The average Bonchev–Trinajstić information content (AvgIpc) is 2.58. The second kappa shape index (κ2) is 7.89. The van der Waals surface area contributed by atoms with E-state index in [1.165, 1.54) is 0 Å². The molecule has 2 heterocycles. The van der Waals surface area contributed by atoms with Gasteiger partial charge in [0, 0.05) is 24.9 Å². The van der Waals surface area contributed by atoms with E-state index in [9.17, 15) is 9.59 Å². The predicted octanol–water partition coefficient (Wildman–Crippen LogP) is 2.33. The standard InChI is InChI=1S/C21H31N3O3/c1-20(2,3)27-19(26)23-17(13-16-7-5-4-6-8-16)18(25)24-14-21(15-24)9-11-22-12-10-21/h4-8,17,22H,9-15H2,1-3H3,(H,23,26)/t17-/m1/s1. The van der Waals surface area contributed by atoms with Gasteiger partial charge < -0.3 is 20.3 Å². The number of piperidine rings is 1. The van der Waals surface area contributed by atoms with Crippen molar-refractivity contribution in [2.75, 3.05) is 26.2 Å². The highest BCUT2D eigenvalue weighted by Gasteiger charge is 2.46. The predicted molar refractivity (Wildman–Crippen MR) is 104 cm³/mol. The van der Waals surface area contributed by atoms with E-state index in [-0.39, 0.29) is 11.3 Å². The van der Waals surface area contributed by atoms with Crippen LogP contribution in [0.4, 0.5) is 4.79 Å². The van der Waals surface area contributed by atoms with Crippen molar-refractivity contribution in [2.45, 2.75) is 51.7 Å². The molecule has 1 spiro atoms. The fraction of sp³-hybridized carbons (Fsp3) is 0.619. The summed E-state index contributed by atoms with van der Waals surface area (Å²) in [6.07, 6.45) is 2.14. The fourth-order valence-corrected chi connectivity index (χ4v) is 3.91. The van der Waals surface area contributed by atoms with Gasteiger partial charge in [0.2, 0.25) is 5.91 Å². The first kappa shape index (κ1) is 19.7. The van der Waals surface area contributed by atoms with Crippen molar-refractivity contribution in [3.05, 3.63) is 35.9 Å². The Labute approximate surface area is 161 Å². The van der Waals surface area contributed by atoms with Crippen molar-refractivity contribution in [1.29, 1.82) is 0 Å². The number of carbonyl (C=O) groups is 2. The summed E-state index contributed by atoms with van der Waals surface area (Å²) in [6, 6.07) is 9.16. The maximum Gasteiger partial charge on any atom is 0.408 e. The third-order valence-electron chi connectivity index (χ3n) is 5.30. The minimum atomic E-state index is -0.610. The smallest absolute Gasteiger partial charge is 0.408 e. The van der Waals surface area contributed by atoms with E-state index in [0.29, 0.717) is 6.42 Å². The zero-order valence-electron chi connectivity index (χ0n) is 16.6. The van der Waals surface area contributed by atoms with Crippen molar-refractivity contribution < 1.29 is 14.3 Å². The van der Waals surface area contributed by atoms with Crippen LogP contribution < -0.4 is 10.6 Å². The van der Waals surface area contributed by atoms with Gasteiger partial charge in [-0.25, -0.2) is 4.79 Å². The first-order valence-corrected chi connectivity index (χ1v) is 9.79. The van der Waals surface area contributed by atoms with Gasteiger partial charge in [0.25, 0.3) is 0 Å². The van der Waals surface area contributed by atoms with Gasteiger partial charge in [-0.3, -0.25) is 4.79 Å². The molecule has 0 bridgehead atoms. The number of hydrogen-bond donors (Lipinski definition) is 2. The Morgan fingerprint density at radius 1 is 1.19 bits per heavy atom. The SMILES string of the molecule is CC(C)(C)OC(=O)N[C@H](Cc1ccccc1)C(=O)N1CC2(CCNCC2)C1. The van der Waals surface area contributed by atoms with Crippen LogP contribution in [0.3, 0.4) is 0 Å². The van der Waals surface area contributed by atoms with Gasteiger partial charge in [0.1, 0.15) is 11.6 Å². The highest BCUT2D eigenvalue weighted by atomic mass is 16.6. The molecule has 27 heavy (non-hydrogen) atoms. The van der Waals surface area contributed by atoms with E-state index >= 15 is 0 Å². The van der Waals surface area contributed by atoms with Gasteiger partial charge in [0.05, 0.1) is 0 Å². The number of rotatable bonds is 4. The van der Waals surface area contributed by atoms with Crippen LogP contribution in [0.15, 0.2) is 30.3 Å². The Bertz CT molecular complexity index is 655. The molecule has 0 unspecified atom stereocenters. The van der Waals surface area contributed by atoms with Crippen molar-refractivity contribution in [2.24, 2.45) is 5.41 Å². The second-order valence-corrected chi connectivity index (χ2v) is 8.83. The van der Waals surface area contributed by atoms with Crippen LogP contribution in [-0.4, -0.2) is 54.7 Å². The molecule has 0 aliphatic carbocycles. The number of nitrogens with one attached hydrogen (secondary N) is 2. The third kappa shape index (κ3) is 5.22. The summed E-state index contributed by atoms with van der Waals surface area (Å²) in [5.41, 5.74) is 0.689. The quantitative estimate of drug-likeness (QED) is 0.850. The van der Waals surface area contributed by atoms with Crippen molar-refractivity contribution in [3.8, 4) is 0 Å². The molecule has 2 saturated heterocycles. The van der Waals surface area contributed by atoms with E-state index in [4.69, 9.17) is 4.74 Å². The molecule has 148 valence electrons. The van der Waals surface area contributed by atoms with Crippen LogP contribution in [0.2, 0.25) is 0 Å². The number of ether oxygens (including phenoxy) is 1. The molecule has 0 aromatic heterocycles. The Morgan fingerprint density at radius 2 is 1.81 bits per heavy atom. The summed E-state index contributed by atoms with van der Waals surface area (Å²) in [7, 11) is 0. The Hall–Kier alpha value is -2.08. The van der Waals surface area contributed by atoms with Gasteiger partial charge in [0.15, 0.2) is 0 Å². The minimum absolute atomic E-state index is 0.0196. The van der Waals surface area contributed by atoms with Crippen LogP contribution in [0.5, 0.6) is 0 Å². The Morgan fingerprint density at radius 3 is 2.41 bits per heavy atom. The third-order valence-corrected chi connectivity index (χ3v) is 5.30. The van der Waals surface area contributed by atoms with E-state index in [1.807, 2.05) is 56.0 Å². The lowest BCUT2D eigenvalue weighted by Gasteiger charge is -2.53. The normalized spacial score (nSPS) is 19.9. The number of amides is 2. The largest absolute Gasteiger partial charge is 0.444 e. The maximum absolute atomic E-state index is 13.1. The molecule has 2 N–H and O–H groups in total. The van der Waals surface area contributed by atoms with Gasteiger partial charge in [-0.2, -0.15) is 0 Å². The van der Waals surface area contributed by atoms with Crippen LogP contribution in [0.25, 0.3) is 0 Å². The number of carbonyl (C=O) groups excluding carboxylic acids is 2. The number of alkyl carbamates (subject to hydrolysis) is 1. The van der Waals surface area contributed by atoms with Crippen LogP contribution in [0.1, 0.15) is 39.2 Å². The Balaban J connectivity index is 1.65. The molecule has 1 aromatic carbocycles. The summed E-state index contributed by atoms with van der Waals surface area (Å²) < 4.78 is 5.37. The van der Waals surface area contributed by atoms with E-state index in [2.05, 4.69) is 10.6 Å². The number of hydrogen-bond acceptors (Lipinski definition) is 4. The lowest BCUT2D eigenvalue weighted by atomic mass is 9.72. The molecule has 0 saturated carbocycles. The second-order valence-electron chi connectivity index (χ2n) is 8.83. The number of benzene rings is 1. The minimum Gasteiger partial charge on any atom is -0.444 e. The summed E-state index contributed by atoms with van der Waals surface area (Å²) >= 11 is 0. The highest BCUT2D eigenvalue weighted by Crippen LogP contribution is 2.38. The van der Waals surface area contributed by atoms with Crippen molar-refractivity contribution in [3.63, 3.8) is 0 Å². The molecule has 6 nitrogen and oxygen atoms in total. The molecule has 2 fully saturated rings. The molecule has 2 aliphatic rings.